The summed E-state index contributed by atoms with van der Waals surface area (Å²) in [6, 6.07) is 14.4. The van der Waals surface area contributed by atoms with E-state index in [9.17, 15) is 9.59 Å². The maximum atomic E-state index is 12.6. The number of amides is 2. The van der Waals surface area contributed by atoms with E-state index in [0.29, 0.717) is 30.9 Å². The number of anilines is 1. The number of carbonyl (C=O) groups excluding carboxylic acids is 2. The fourth-order valence-corrected chi connectivity index (χ4v) is 2.97. The third-order valence-corrected chi connectivity index (χ3v) is 4.29. The van der Waals surface area contributed by atoms with Crippen molar-refractivity contribution in [2.75, 3.05) is 18.1 Å². The largest absolute Gasteiger partial charge is 0.493 e. The molecule has 25 heavy (non-hydrogen) atoms. The van der Waals surface area contributed by atoms with Crippen LogP contribution in [0.5, 0.6) is 5.75 Å². The van der Waals surface area contributed by atoms with Crippen LogP contribution in [0.3, 0.4) is 0 Å². The molecule has 1 heterocycles. The third-order valence-electron chi connectivity index (χ3n) is 4.29. The quantitative estimate of drug-likeness (QED) is 0.912. The number of rotatable bonds is 5. The highest BCUT2D eigenvalue weighted by molar-refractivity contribution is 6.04. The average molecular weight is 338 g/mol. The minimum atomic E-state index is -0.511. The number of para-hydroxylation sites is 1. The first-order chi connectivity index (χ1) is 12.1. The van der Waals surface area contributed by atoms with E-state index in [1.54, 1.807) is 23.1 Å². The number of hydrogen-bond acceptors (Lipinski definition) is 3. The van der Waals surface area contributed by atoms with Crippen LogP contribution < -0.4 is 15.0 Å². The molecule has 1 saturated heterocycles. The van der Waals surface area contributed by atoms with Crippen molar-refractivity contribution in [3.63, 3.8) is 0 Å². The first-order valence-electron chi connectivity index (χ1n) is 8.51. The topological polar surface area (TPSA) is 58.6 Å². The molecule has 130 valence electrons. The molecule has 3 rings (SSSR count). The number of carbonyl (C=O) groups is 2. The normalized spacial score (nSPS) is 16.8. The van der Waals surface area contributed by atoms with Crippen LogP contribution in [-0.4, -0.2) is 31.0 Å². The third kappa shape index (κ3) is 3.65. The molecule has 1 aliphatic heterocycles. The number of aryl methyl sites for hydroxylation is 1. The lowest BCUT2D eigenvalue weighted by Gasteiger charge is -2.18. The Balaban J connectivity index is 1.71. The van der Waals surface area contributed by atoms with E-state index in [1.807, 2.05) is 44.2 Å². The molecule has 0 aromatic heterocycles. The molecular weight excluding hydrogens is 316 g/mol. The Hall–Kier alpha value is -2.82. The van der Waals surface area contributed by atoms with Gasteiger partial charge in [-0.15, -0.1) is 0 Å². The average Bonchev–Trinajstić information content (AvgIpc) is 2.97. The fraction of sp³-hybridized carbons (Fsp3) is 0.300. The Morgan fingerprint density at radius 1 is 1.20 bits per heavy atom. The van der Waals surface area contributed by atoms with Crippen LogP contribution in [0.1, 0.15) is 29.3 Å². The summed E-state index contributed by atoms with van der Waals surface area (Å²) in [4.78, 5) is 26.9. The monoisotopic (exact) mass is 338 g/mol. The van der Waals surface area contributed by atoms with E-state index >= 15 is 0 Å². The van der Waals surface area contributed by atoms with Crippen molar-refractivity contribution in [1.29, 1.82) is 0 Å². The van der Waals surface area contributed by atoms with Gasteiger partial charge in [0, 0.05) is 12.2 Å². The van der Waals surface area contributed by atoms with Crippen molar-refractivity contribution in [3.8, 4) is 5.75 Å². The molecule has 0 spiro atoms. The number of nitrogens with one attached hydrogen (secondary N) is 1. The SMILES string of the molecule is CCOc1ccccc1C(=O)N[C@@H]1CCN(c2ccc(C)cc2)C1=O. The summed E-state index contributed by atoms with van der Waals surface area (Å²) in [5.41, 5.74) is 2.46. The van der Waals surface area contributed by atoms with E-state index in [1.165, 1.54) is 0 Å². The first kappa shape index (κ1) is 17.0. The summed E-state index contributed by atoms with van der Waals surface area (Å²) in [7, 11) is 0. The van der Waals surface area contributed by atoms with Crippen molar-refractivity contribution < 1.29 is 14.3 Å². The highest BCUT2D eigenvalue weighted by atomic mass is 16.5. The second-order valence-electron chi connectivity index (χ2n) is 6.07. The molecule has 0 saturated carbocycles. The predicted molar refractivity (Wildman–Crippen MR) is 97.0 cm³/mol. The maximum absolute atomic E-state index is 12.6. The Morgan fingerprint density at radius 3 is 2.64 bits per heavy atom. The molecule has 1 fully saturated rings. The van der Waals surface area contributed by atoms with Gasteiger partial charge in [0.25, 0.3) is 5.91 Å². The van der Waals surface area contributed by atoms with Crippen LogP contribution >= 0.6 is 0 Å². The predicted octanol–water partition coefficient (Wildman–Crippen LogP) is 2.93. The number of ether oxygens (including phenoxy) is 1. The van der Waals surface area contributed by atoms with E-state index in [0.717, 1.165) is 11.3 Å². The van der Waals surface area contributed by atoms with Gasteiger partial charge in [-0.25, -0.2) is 0 Å². The molecule has 2 amide bonds. The molecule has 0 bridgehead atoms. The molecule has 5 heteroatoms. The van der Waals surface area contributed by atoms with E-state index < -0.39 is 6.04 Å². The minimum absolute atomic E-state index is 0.0777. The molecular formula is C20H22N2O3. The fourth-order valence-electron chi connectivity index (χ4n) is 2.97. The maximum Gasteiger partial charge on any atom is 0.255 e. The Labute approximate surface area is 147 Å². The highest BCUT2D eigenvalue weighted by Crippen LogP contribution is 2.23. The minimum Gasteiger partial charge on any atom is -0.493 e. The highest BCUT2D eigenvalue weighted by Gasteiger charge is 2.34. The van der Waals surface area contributed by atoms with Crippen molar-refractivity contribution >= 4 is 17.5 Å². The van der Waals surface area contributed by atoms with Crippen molar-refractivity contribution in [2.45, 2.75) is 26.3 Å². The van der Waals surface area contributed by atoms with Gasteiger partial charge in [-0.2, -0.15) is 0 Å². The molecule has 2 aromatic rings. The molecule has 5 nitrogen and oxygen atoms in total. The van der Waals surface area contributed by atoms with Gasteiger partial charge in [-0.1, -0.05) is 29.8 Å². The van der Waals surface area contributed by atoms with Crippen LogP contribution in [0, 0.1) is 6.92 Å². The van der Waals surface area contributed by atoms with Gasteiger partial charge in [-0.3, -0.25) is 9.59 Å². The van der Waals surface area contributed by atoms with E-state index in [2.05, 4.69) is 5.32 Å². The molecule has 2 aromatic carbocycles. The van der Waals surface area contributed by atoms with Crippen LogP contribution in [0.2, 0.25) is 0 Å². The lowest BCUT2D eigenvalue weighted by Crippen LogP contribution is -2.41. The van der Waals surface area contributed by atoms with Crippen molar-refractivity contribution in [1.82, 2.24) is 5.32 Å². The molecule has 0 unspecified atom stereocenters. The van der Waals surface area contributed by atoms with Gasteiger partial charge in [-0.05, 0) is 44.5 Å². The van der Waals surface area contributed by atoms with Gasteiger partial charge in [0.1, 0.15) is 11.8 Å². The lowest BCUT2D eigenvalue weighted by molar-refractivity contribution is -0.118. The zero-order valence-corrected chi connectivity index (χ0v) is 14.5. The molecule has 1 aliphatic rings. The summed E-state index contributed by atoms with van der Waals surface area (Å²) in [6.07, 6.45) is 0.593. The van der Waals surface area contributed by atoms with Crippen molar-refractivity contribution in [3.05, 3.63) is 59.7 Å². The Bertz CT molecular complexity index is 771. The smallest absolute Gasteiger partial charge is 0.255 e. The van der Waals surface area contributed by atoms with Gasteiger partial charge in [0.15, 0.2) is 0 Å². The second kappa shape index (κ2) is 7.38. The molecule has 0 aliphatic carbocycles. The summed E-state index contributed by atoms with van der Waals surface area (Å²) < 4.78 is 5.49. The van der Waals surface area contributed by atoms with Crippen LogP contribution in [0.25, 0.3) is 0 Å². The Morgan fingerprint density at radius 2 is 1.92 bits per heavy atom. The molecule has 0 radical (unpaired) electrons. The zero-order valence-electron chi connectivity index (χ0n) is 14.5. The zero-order chi connectivity index (χ0) is 17.8. The molecule has 1 N–H and O–H groups in total. The van der Waals surface area contributed by atoms with Gasteiger partial charge < -0.3 is 15.0 Å². The van der Waals surface area contributed by atoms with E-state index in [4.69, 9.17) is 4.74 Å². The summed E-state index contributed by atoms with van der Waals surface area (Å²) in [5, 5.41) is 2.84. The number of hydrogen-bond donors (Lipinski definition) is 1. The van der Waals surface area contributed by atoms with E-state index in [-0.39, 0.29) is 11.8 Å². The second-order valence-corrected chi connectivity index (χ2v) is 6.07. The standard InChI is InChI=1S/C20H22N2O3/c1-3-25-18-7-5-4-6-16(18)19(23)21-17-12-13-22(20(17)24)15-10-8-14(2)9-11-15/h4-11,17H,3,12-13H2,1-2H3,(H,21,23)/t17-/m1/s1. The van der Waals surface area contributed by atoms with Gasteiger partial charge in [0.05, 0.1) is 12.2 Å². The number of benzene rings is 2. The van der Waals surface area contributed by atoms with Crippen LogP contribution in [-0.2, 0) is 4.79 Å². The van der Waals surface area contributed by atoms with Gasteiger partial charge in [0.2, 0.25) is 5.91 Å². The van der Waals surface area contributed by atoms with Gasteiger partial charge >= 0.3 is 0 Å². The van der Waals surface area contributed by atoms with Crippen LogP contribution in [0.4, 0.5) is 5.69 Å². The Kier molecular flexibility index (Phi) is 5.03. The summed E-state index contributed by atoms with van der Waals surface area (Å²) >= 11 is 0. The van der Waals surface area contributed by atoms with Crippen molar-refractivity contribution in [2.24, 2.45) is 0 Å². The van der Waals surface area contributed by atoms with Crippen LogP contribution in [0.15, 0.2) is 48.5 Å². The summed E-state index contributed by atoms with van der Waals surface area (Å²) in [5.74, 6) is 0.169. The summed E-state index contributed by atoms with van der Waals surface area (Å²) in [6.45, 7) is 4.96. The lowest BCUT2D eigenvalue weighted by atomic mass is 10.1. The number of nitrogens with zero attached hydrogens (tertiary/aromatic N) is 1. The first-order valence-corrected chi connectivity index (χ1v) is 8.51. The molecule has 1 atom stereocenters.